The number of halogens is 1. The summed E-state index contributed by atoms with van der Waals surface area (Å²) in [7, 11) is 0. The number of para-hydroxylation sites is 2. The van der Waals surface area contributed by atoms with Crippen molar-refractivity contribution in [1.29, 1.82) is 0 Å². The van der Waals surface area contributed by atoms with Crippen LogP contribution in [0.5, 0.6) is 0 Å². The van der Waals surface area contributed by atoms with Gasteiger partial charge in [-0.25, -0.2) is 9.37 Å². The quantitative estimate of drug-likeness (QED) is 0.429. The van der Waals surface area contributed by atoms with E-state index < -0.39 is 6.04 Å². The highest BCUT2D eigenvalue weighted by atomic mass is 19.1. The summed E-state index contributed by atoms with van der Waals surface area (Å²) in [6.07, 6.45) is 2.16. The fourth-order valence-corrected chi connectivity index (χ4v) is 3.75. The second-order valence-electron chi connectivity index (χ2n) is 7.35. The first-order valence-electron chi connectivity index (χ1n) is 10.2. The van der Waals surface area contributed by atoms with Gasteiger partial charge in [-0.3, -0.25) is 4.79 Å². The first-order chi connectivity index (χ1) is 14.7. The van der Waals surface area contributed by atoms with Gasteiger partial charge < -0.3 is 9.88 Å². The van der Waals surface area contributed by atoms with Crippen LogP contribution in [0.1, 0.15) is 37.2 Å². The molecule has 4 nitrogen and oxygen atoms in total. The van der Waals surface area contributed by atoms with E-state index in [4.69, 9.17) is 4.98 Å². The van der Waals surface area contributed by atoms with Crippen molar-refractivity contribution in [2.75, 3.05) is 5.32 Å². The Morgan fingerprint density at radius 1 is 1.00 bits per heavy atom. The molecular formula is C25H24FN3O. The number of hydrogen-bond donors (Lipinski definition) is 1. The molecule has 152 valence electrons. The molecule has 0 unspecified atom stereocenters. The largest absolute Gasteiger partial charge is 0.324 e. The Kier molecular flexibility index (Phi) is 5.89. The molecular weight excluding hydrogens is 377 g/mol. The fraction of sp³-hybridized carbons (Fsp3) is 0.200. The first-order valence-corrected chi connectivity index (χ1v) is 10.2. The van der Waals surface area contributed by atoms with Crippen LogP contribution in [-0.2, 0) is 11.2 Å². The molecule has 0 aliphatic carbocycles. The Hall–Kier alpha value is -3.47. The van der Waals surface area contributed by atoms with Gasteiger partial charge in [-0.15, -0.1) is 0 Å². The average molecular weight is 401 g/mol. The summed E-state index contributed by atoms with van der Waals surface area (Å²) in [4.78, 5) is 18.1. The van der Waals surface area contributed by atoms with E-state index in [0.29, 0.717) is 18.5 Å². The number of benzene rings is 3. The normalized spacial score (nSPS) is 12.1. The van der Waals surface area contributed by atoms with Gasteiger partial charge in [-0.05, 0) is 48.4 Å². The Morgan fingerprint density at radius 3 is 2.43 bits per heavy atom. The molecule has 0 saturated heterocycles. The van der Waals surface area contributed by atoms with Crippen molar-refractivity contribution in [3.8, 4) is 0 Å². The highest BCUT2D eigenvalue weighted by molar-refractivity contribution is 5.95. The van der Waals surface area contributed by atoms with E-state index in [1.807, 2.05) is 42.5 Å². The summed E-state index contributed by atoms with van der Waals surface area (Å²) in [5.74, 6) is 0.403. The number of hydrogen-bond acceptors (Lipinski definition) is 2. The zero-order chi connectivity index (χ0) is 20.9. The maximum absolute atomic E-state index is 13.3. The summed E-state index contributed by atoms with van der Waals surface area (Å²) in [6.45, 7) is 2.06. The first kappa shape index (κ1) is 19.8. The summed E-state index contributed by atoms with van der Waals surface area (Å²) in [6, 6.07) is 23.5. The van der Waals surface area contributed by atoms with Gasteiger partial charge in [0.15, 0.2) is 0 Å². The van der Waals surface area contributed by atoms with E-state index in [2.05, 4.69) is 28.9 Å². The van der Waals surface area contributed by atoms with Gasteiger partial charge in [-0.1, -0.05) is 55.8 Å². The highest BCUT2D eigenvalue weighted by Gasteiger charge is 2.25. The fourth-order valence-electron chi connectivity index (χ4n) is 3.75. The third-order valence-electron chi connectivity index (χ3n) is 5.16. The molecule has 5 heteroatoms. The molecule has 0 bridgehead atoms. The maximum atomic E-state index is 13.3. The zero-order valence-electron chi connectivity index (χ0n) is 16.9. The molecule has 4 rings (SSSR count). The van der Waals surface area contributed by atoms with Gasteiger partial charge in [0.05, 0.1) is 11.0 Å². The minimum Gasteiger partial charge on any atom is -0.324 e. The number of aromatic nitrogens is 2. The average Bonchev–Trinajstić information content (AvgIpc) is 3.12. The van der Waals surface area contributed by atoms with Crippen molar-refractivity contribution in [1.82, 2.24) is 9.55 Å². The van der Waals surface area contributed by atoms with E-state index >= 15 is 0 Å². The van der Waals surface area contributed by atoms with E-state index in [-0.39, 0.29) is 11.7 Å². The highest BCUT2D eigenvalue weighted by Crippen LogP contribution is 2.27. The Labute approximate surface area is 175 Å². The van der Waals surface area contributed by atoms with Crippen LogP contribution in [0.2, 0.25) is 0 Å². The van der Waals surface area contributed by atoms with E-state index in [9.17, 15) is 9.18 Å². The Morgan fingerprint density at radius 2 is 1.70 bits per heavy atom. The number of imidazole rings is 1. The van der Waals surface area contributed by atoms with Crippen LogP contribution in [0.3, 0.4) is 0 Å². The van der Waals surface area contributed by atoms with Crippen molar-refractivity contribution >= 4 is 22.6 Å². The molecule has 0 fully saturated rings. The molecule has 4 aromatic rings. The third-order valence-corrected chi connectivity index (χ3v) is 5.16. The number of carbonyl (C=O) groups excluding carboxylic acids is 1. The molecule has 0 aliphatic rings. The number of rotatable bonds is 7. The van der Waals surface area contributed by atoms with E-state index in [1.54, 1.807) is 12.1 Å². The molecule has 3 aromatic carbocycles. The van der Waals surface area contributed by atoms with Crippen LogP contribution in [0.15, 0.2) is 78.9 Å². The van der Waals surface area contributed by atoms with Gasteiger partial charge in [0.25, 0.3) is 0 Å². The van der Waals surface area contributed by atoms with Crippen LogP contribution >= 0.6 is 0 Å². The van der Waals surface area contributed by atoms with Crippen LogP contribution in [0.25, 0.3) is 11.0 Å². The van der Waals surface area contributed by atoms with Crippen molar-refractivity contribution in [2.45, 2.75) is 32.2 Å². The molecule has 1 aromatic heterocycles. The predicted octanol–water partition coefficient (Wildman–Crippen LogP) is 5.75. The molecule has 1 N–H and O–H groups in total. The summed E-state index contributed by atoms with van der Waals surface area (Å²) in [5, 5.41) is 2.94. The number of fused-ring (bicyclic) bond motifs is 1. The molecule has 1 amide bonds. The smallest absolute Gasteiger partial charge is 0.247 e. The Balaban J connectivity index is 1.74. The molecule has 0 saturated carbocycles. The topological polar surface area (TPSA) is 46.9 Å². The number of anilines is 1. The van der Waals surface area contributed by atoms with Crippen molar-refractivity contribution < 1.29 is 9.18 Å². The van der Waals surface area contributed by atoms with Gasteiger partial charge >= 0.3 is 0 Å². The lowest BCUT2D eigenvalue weighted by Crippen LogP contribution is -2.27. The predicted molar refractivity (Wildman–Crippen MR) is 118 cm³/mol. The number of carbonyl (C=O) groups is 1. The molecule has 1 heterocycles. The lowest BCUT2D eigenvalue weighted by molar-refractivity contribution is -0.119. The van der Waals surface area contributed by atoms with Gasteiger partial charge in [0, 0.05) is 12.1 Å². The van der Waals surface area contributed by atoms with Gasteiger partial charge in [0.1, 0.15) is 17.7 Å². The molecule has 0 radical (unpaired) electrons. The van der Waals surface area contributed by atoms with Crippen LogP contribution in [-0.4, -0.2) is 15.5 Å². The number of nitrogens with one attached hydrogen (secondary N) is 1. The van der Waals surface area contributed by atoms with Crippen molar-refractivity contribution in [2.24, 2.45) is 0 Å². The second kappa shape index (κ2) is 8.91. The zero-order valence-corrected chi connectivity index (χ0v) is 16.9. The van der Waals surface area contributed by atoms with Crippen molar-refractivity contribution in [3.63, 3.8) is 0 Å². The van der Waals surface area contributed by atoms with E-state index in [1.165, 1.54) is 12.1 Å². The molecule has 0 aliphatic heterocycles. The lowest BCUT2D eigenvalue weighted by Gasteiger charge is -2.21. The van der Waals surface area contributed by atoms with E-state index in [0.717, 1.165) is 28.8 Å². The van der Waals surface area contributed by atoms with Crippen molar-refractivity contribution in [3.05, 3.63) is 96.1 Å². The minimum absolute atomic E-state index is 0.124. The maximum Gasteiger partial charge on any atom is 0.247 e. The summed E-state index contributed by atoms with van der Waals surface area (Å²) >= 11 is 0. The summed E-state index contributed by atoms with van der Waals surface area (Å²) < 4.78 is 15.3. The van der Waals surface area contributed by atoms with Gasteiger partial charge in [0.2, 0.25) is 5.91 Å². The monoisotopic (exact) mass is 401 g/mol. The third kappa shape index (κ3) is 4.25. The van der Waals surface area contributed by atoms with Crippen LogP contribution in [0.4, 0.5) is 10.1 Å². The van der Waals surface area contributed by atoms with Crippen LogP contribution < -0.4 is 5.32 Å². The number of amides is 1. The molecule has 30 heavy (non-hydrogen) atoms. The summed E-state index contributed by atoms with van der Waals surface area (Å²) in [5.41, 5.74) is 3.54. The van der Waals surface area contributed by atoms with Gasteiger partial charge in [-0.2, -0.15) is 0 Å². The number of nitrogens with zero attached hydrogens (tertiary/aromatic N) is 2. The second-order valence-corrected chi connectivity index (χ2v) is 7.35. The SMILES string of the molecule is CCC[C@H](C(=O)Nc1ccc(F)cc1)n1c(Cc2ccccc2)nc2ccccc21. The lowest BCUT2D eigenvalue weighted by atomic mass is 10.1. The molecule has 0 spiro atoms. The minimum atomic E-state index is -0.411. The van der Waals surface area contributed by atoms with Crippen LogP contribution in [0, 0.1) is 5.82 Å². The Bertz CT molecular complexity index is 1140. The standard InChI is InChI=1S/C25H24FN3O/c1-2-8-23(25(30)27-20-15-13-19(26)14-16-20)29-22-12-7-6-11-21(22)28-24(29)17-18-9-4-3-5-10-18/h3-7,9-16,23H,2,8,17H2,1H3,(H,27,30)/t23-/m1/s1. The molecule has 1 atom stereocenters.